The maximum Gasteiger partial charge on any atom is 0.138 e. The lowest BCUT2D eigenvalue weighted by Gasteiger charge is -2.05. The van der Waals surface area contributed by atoms with Crippen molar-refractivity contribution in [1.82, 2.24) is 9.97 Å². The summed E-state index contributed by atoms with van der Waals surface area (Å²) in [6, 6.07) is 15.0. The Labute approximate surface area is 104 Å². The van der Waals surface area contributed by atoms with Crippen LogP contribution in [0.25, 0.3) is 11.0 Å². The fourth-order valence-corrected chi connectivity index (χ4v) is 1.89. The van der Waals surface area contributed by atoms with Gasteiger partial charge in [0.1, 0.15) is 11.6 Å². The molecule has 0 aliphatic heterocycles. The first-order chi connectivity index (χ1) is 8.83. The summed E-state index contributed by atoms with van der Waals surface area (Å²) in [5, 5.41) is 12.8. The summed E-state index contributed by atoms with van der Waals surface area (Å²) in [6.07, 6.45) is 0. The maximum atomic E-state index is 9.64. The van der Waals surface area contributed by atoms with Crippen LogP contribution in [0.5, 0.6) is 5.75 Å². The van der Waals surface area contributed by atoms with Gasteiger partial charge in [-0.25, -0.2) is 4.98 Å². The first kappa shape index (κ1) is 10.7. The van der Waals surface area contributed by atoms with Crippen molar-refractivity contribution in [3.63, 3.8) is 0 Å². The molecule has 1 heterocycles. The number of aromatic hydroxyl groups is 1. The van der Waals surface area contributed by atoms with Gasteiger partial charge in [0, 0.05) is 0 Å². The van der Waals surface area contributed by atoms with E-state index in [9.17, 15) is 5.11 Å². The molecule has 1 aromatic heterocycles. The van der Waals surface area contributed by atoms with Gasteiger partial charge in [-0.2, -0.15) is 0 Å². The molecule has 0 aliphatic carbocycles. The predicted octanol–water partition coefficient (Wildman–Crippen LogP) is 2.88. The van der Waals surface area contributed by atoms with E-state index in [2.05, 4.69) is 15.3 Å². The molecule has 0 saturated heterocycles. The van der Waals surface area contributed by atoms with Crippen molar-refractivity contribution in [1.29, 1.82) is 0 Å². The predicted molar refractivity (Wildman–Crippen MR) is 71.5 cm³/mol. The van der Waals surface area contributed by atoms with E-state index in [0.717, 1.165) is 16.9 Å². The number of para-hydroxylation sites is 4. The Balaban J connectivity index is 1.79. The lowest BCUT2D eigenvalue weighted by molar-refractivity contribution is 0.477. The molecule has 0 bridgehead atoms. The van der Waals surface area contributed by atoms with E-state index in [0.29, 0.717) is 12.2 Å². The van der Waals surface area contributed by atoms with Crippen LogP contribution in [0.15, 0.2) is 48.5 Å². The van der Waals surface area contributed by atoms with Gasteiger partial charge >= 0.3 is 0 Å². The van der Waals surface area contributed by atoms with Crippen LogP contribution in [0.4, 0.5) is 5.69 Å². The average Bonchev–Trinajstić information content (AvgIpc) is 2.80. The number of benzene rings is 2. The molecule has 0 unspecified atom stereocenters. The Bertz CT molecular complexity index is 642. The average molecular weight is 239 g/mol. The van der Waals surface area contributed by atoms with Gasteiger partial charge in [0.2, 0.25) is 0 Å². The normalized spacial score (nSPS) is 10.7. The van der Waals surface area contributed by atoms with Crippen LogP contribution < -0.4 is 5.32 Å². The summed E-state index contributed by atoms with van der Waals surface area (Å²) in [5.74, 6) is 1.09. The van der Waals surface area contributed by atoms with Gasteiger partial charge in [-0.05, 0) is 24.3 Å². The molecule has 3 rings (SSSR count). The smallest absolute Gasteiger partial charge is 0.138 e. The maximum absolute atomic E-state index is 9.64. The first-order valence-corrected chi connectivity index (χ1v) is 5.78. The molecular weight excluding hydrogens is 226 g/mol. The highest BCUT2D eigenvalue weighted by molar-refractivity contribution is 5.74. The standard InChI is InChI=1S/C14H13N3O/c18-13-8-4-3-7-12(13)15-9-14-16-10-5-1-2-6-11(10)17-14/h1-8,15,18H,9H2,(H,16,17). The number of H-pyrrole nitrogens is 1. The van der Waals surface area contributed by atoms with Crippen LogP contribution in [0, 0.1) is 0 Å². The number of imidazole rings is 1. The molecular formula is C14H13N3O. The monoisotopic (exact) mass is 239 g/mol. The minimum atomic E-state index is 0.244. The third-order valence-corrected chi connectivity index (χ3v) is 2.79. The Morgan fingerprint density at radius 1 is 1.06 bits per heavy atom. The number of rotatable bonds is 3. The van der Waals surface area contributed by atoms with Crippen LogP contribution in [-0.2, 0) is 6.54 Å². The van der Waals surface area contributed by atoms with Gasteiger partial charge in [-0.15, -0.1) is 0 Å². The van der Waals surface area contributed by atoms with Crippen molar-refractivity contribution < 1.29 is 5.11 Å². The van der Waals surface area contributed by atoms with Gasteiger partial charge in [-0.3, -0.25) is 0 Å². The largest absolute Gasteiger partial charge is 0.506 e. The number of nitrogens with one attached hydrogen (secondary N) is 2. The molecule has 0 amide bonds. The summed E-state index contributed by atoms with van der Waals surface area (Å²) in [7, 11) is 0. The van der Waals surface area contributed by atoms with Crippen molar-refractivity contribution in [2.24, 2.45) is 0 Å². The zero-order valence-corrected chi connectivity index (χ0v) is 9.72. The van der Waals surface area contributed by atoms with Gasteiger partial charge in [0.25, 0.3) is 0 Å². The van der Waals surface area contributed by atoms with E-state index in [4.69, 9.17) is 0 Å². The Hall–Kier alpha value is -2.49. The van der Waals surface area contributed by atoms with Gasteiger partial charge in [-0.1, -0.05) is 24.3 Å². The van der Waals surface area contributed by atoms with E-state index >= 15 is 0 Å². The number of fused-ring (bicyclic) bond motifs is 1. The quantitative estimate of drug-likeness (QED) is 0.616. The molecule has 0 aliphatic rings. The van der Waals surface area contributed by atoms with Crippen molar-refractivity contribution in [2.45, 2.75) is 6.54 Å². The fourth-order valence-electron chi connectivity index (χ4n) is 1.89. The molecule has 18 heavy (non-hydrogen) atoms. The summed E-state index contributed by atoms with van der Waals surface area (Å²) in [5.41, 5.74) is 2.68. The lowest BCUT2D eigenvalue weighted by atomic mass is 10.3. The van der Waals surface area contributed by atoms with Crippen molar-refractivity contribution in [3.05, 3.63) is 54.4 Å². The molecule has 3 aromatic rings. The number of hydrogen-bond acceptors (Lipinski definition) is 3. The van der Waals surface area contributed by atoms with Crippen molar-refractivity contribution in [3.8, 4) is 5.75 Å². The molecule has 4 nitrogen and oxygen atoms in total. The third kappa shape index (κ3) is 2.00. The number of phenolic OH excluding ortho intramolecular Hbond substituents is 1. The van der Waals surface area contributed by atoms with Crippen LogP contribution in [0.3, 0.4) is 0 Å². The molecule has 3 N–H and O–H groups in total. The van der Waals surface area contributed by atoms with E-state index in [1.54, 1.807) is 12.1 Å². The van der Waals surface area contributed by atoms with E-state index in [1.165, 1.54) is 0 Å². The van der Waals surface area contributed by atoms with Crippen LogP contribution in [-0.4, -0.2) is 15.1 Å². The number of aromatic nitrogens is 2. The lowest BCUT2D eigenvalue weighted by Crippen LogP contribution is -2.01. The third-order valence-electron chi connectivity index (χ3n) is 2.79. The highest BCUT2D eigenvalue weighted by atomic mass is 16.3. The summed E-state index contributed by atoms with van der Waals surface area (Å²) in [4.78, 5) is 7.69. The zero-order valence-electron chi connectivity index (χ0n) is 9.72. The fraction of sp³-hybridized carbons (Fsp3) is 0.0714. The second-order valence-corrected chi connectivity index (χ2v) is 4.07. The summed E-state index contributed by atoms with van der Waals surface area (Å²) < 4.78 is 0. The topological polar surface area (TPSA) is 60.9 Å². The summed E-state index contributed by atoms with van der Waals surface area (Å²) >= 11 is 0. The second kappa shape index (κ2) is 4.41. The highest BCUT2D eigenvalue weighted by Gasteiger charge is 2.03. The number of phenols is 1. The molecule has 2 aromatic carbocycles. The number of anilines is 1. The van der Waals surface area contributed by atoms with Crippen LogP contribution in [0.2, 0.25) is 0 Å². The molecule has 4 heteroatoms. The molecule has 0 fully saturated rings. The number of aromatic amines is 1. The number of hydrogen-bond donors (Lipinski definition) is 3. The molecule has 0 atom stereocenters. The SMILES string of the molecule is Oc1ccccc1NCc1nc2ccccc2[nH]1. The first-order valence-electron chi connectivity index (χ1n) is 5.78. The van der Waals surface area contributed by atoms with Crippen LogP contribution in [0.1, 0.15) is 5.82 Å². The van der Waals surface area contributed by atoms with Crippen molar-refractivity contribution >= 4 is 16.7 Å². The molecule has 90 valence electrons. The number of nitrogens with zero attached hydrogens (tertiary/aromatic N) is 1. The minimum Gasteiger partial charge on any atom is -0.506 e. The van der Waals surface area contributed by atoms with Gasteiger partial charge in [0.15, 0.2) is 0 Å². The zero-order chi connectivity index (χ0) is 12.4. The van der Waals surface area contributed by atoms with Crippen LogP contribution >= 0.6 is 0 Å². The molecule has 0 saturated carbocycles. The van der Waals surface area contributed by atoms with E-state index < -0.39 is 0 Å². The molecule has 0 radical (unpaired) electrons. The Morgan fingerprint density at radius 2 is 1.83 bits per heavy atom. The Morgan fingerprint density at radius 3 is 2.67 bits per heavy atom. The van der Waals surface area contributed by atoms with Gasteiger partial charge in [0.05, 0.1) is 23.3 Å². The second-order valence-electron chi connectivity index (χ2n) is 4.07. The minimum absolute atomic E-state index is 0.244. The highest BCUT2D eigenvalue weighted by Crippen LogP contribution is 2.22. The van der Waals surface area contributed by atoms with E-state index in [1.807, 2.05) is 36.4 Å². The Kier molecular flexibility index (Phi) is 2.61. The summed E-state index contributed by atoms with van der Waals surface area (Å²) in [6.45, 7) is 0.548. The van der Waals surface area contributed by atoms with Crippen molar-refractivity contribution in [2.75, 3.05) is 5.32 Å². The van der Waals surface area contributed by atoms with Gasteiger partial charge < -0.3 is 15.4 Å². The molecule has 0 spiro atoms. The van der Waals surface area contributed by atoms with E-state index in [-0.39, 0.29) is 5.75 Å².